The van der Waals surface area contributed by atoms with Gasteiger partial charge in [0.2, 0.25) is 5.91 Å². The summed E-state index contributed by atoms with van der Waals surface area (Å²) in [5.74, 6) is 1.25. The highest BCUT2D eigenvalue weighted by atomic mass is 79.9. The number of aromatic nitrogens is 4. The van der Waals surface area contributed by atoms with E-state index in [-0.39, 0.29) is 11.7 Å². The van der Waals surface area contributed by atoms with E-state index in [1.807, 2.05) is 59.2 Å². The summed E-state index contributed by atoms with van der Waals surface area (Å²) in [6, 6.07) is 21.3. The lowest BCUT2D eigenvalue weighted by Crippen LogP contribution is -2.15. The molecule has 4 aromatic rings. The standard InChI is InChI=1S/C22H18Br2N6OS/c23-15-6-8-17(9-7-15)26-13-20-28-29-22(30(20)18-4-2-1-3-5-18)32-14-21(31)27-19-12-16(24)10-11-25-19/h1-12,26H,13-14H2,(H,25,27,31). The predicted molar refractivity (Wildman–Crippen MR) is 134 cm³/mol. The van der Waals surface area contributed by atoms with Crippen LogP contribution in [0.25, 0.3) is 5.69 Å². The minimum absolute atomic E-state index is 0.169. The number of carbonyl (C=O) groups is 1. The molecule has 10 heteroatoms. The van der Waals surface area contributed by atoms with Gasteiger partial charge in [-0.2, -0.15) is 0 Å². The Kier molecular flexibility index (Phi) is 7.56. The second kappa shape index (κ2) is 10.8. The molecule has 0 unspecified atom stereocenters. The van der Waals surface area contributed by atoms with Crippen LogP contribution >= 0.6 is 43.6 Å². The van der Waals surface area contributed by atoms with Gasteiger partial charge in [0.1, 0.15) is 5.82 Å². The van der Waals surface area contributed by atoms with Gasteiger partial charge in [-0.15, -0.1) is 10.2 Å². The van der Waals surface area contributed by atoms with E-state index in [0.717, 1.165) is 26.1 Å². The van der Waals surface area contributed by atoms with Crippen LogP contribution in [-0.2, 0) is 11.3 Å². The summed E-state index contributed by atoms with van der Waals surface area (Å²) in [6.07, 6.45) is 1.63. The van der Waals surface area contributed by atoms with E-state index >= 15 is 0 Å². The highest BCUT2D eigenvalue weighted by Crippen LogP contribution is 2.23. The molecule has 0 saturated heterocycles. The number of carbonyl (C=O) groups excluding carboxylic acids is 1. The molecule has 0 aliphatic rings. The van der Waals surface area contributed by atoms with Crippen LogP contribution in [0.2, 0.25) is 0 Å². The van der Waals surface area contributed by atoms with Crippen molar-refractivity contribution in [2.24, 2.45) is 0 Å². The van der Waals surface area contributed by atoms with Crippen molar-refractivity contribution in [1.29, 1.82) is 0 Å². The number of hydrogen-bond acceptors (Lipinski definition) is 6. The lowest BCUT2D eigenvalue weighted by Gasteiger charge is -2.11. The lowest BCUT2D eigenvalue weighted by atomic mass is 10.3. The van der Waals surface area contributed by atoms with Gasteiger partial charge in [-0.3, -0.25) is 9.36 Å². The Hall–Kier alpha value is -2.69. The van der Waals surface area contributed by atoms with Crippen molar-refractivity contribution in [2.45, 2.75) is 11.7 Å². The molecule has 162 valence electrons. The summed E-state index contributed by atoms with van der Waals surface area (Å²) in [5.41, 5.74) is 1.91. The Morgan fingerprint density at radius 2 is 1.75 bits per heavy atom. The van der Waals surface area contributed by atoms with Crippen molar-refractivity contribution in [1.82, 2.24) is 19.7 Å². The molecule has 0 atom stereocenters. The minimum atomic E-state index is -0.169. The zero-order valence-corrected chi connectivity index (χ0v) is 20.7. The van der Waals surface area contributed by atoms with E-state index in [1.165, 1.54) is 11.8 Å². The van der Waals surface area contributed by atoms with Gasteiger partial charge >= 0.3 is 0 Å². The second-order valence-corrected chi connectivity index (χ2v) is 9.40. The SMILES string of the molecule is O=C(CSc1nnc(CNc2ccc(Br)cc2)n1-c1ccccc1)Nc1cc(Br)ccn1. The molecule has 7 nitrogen and oxygen atoms in total. The second-order valence-electron chi connectivity index (χ2n) is 6.63. The maximum Gasteiger partial charge on any atom is 0.236 e. The fourth-order valence-corrected chi connectivity index (χ4v) is 4.25. The number of rotatable bonds is 8. The molecular formula is C22H18Br2N6OS. The molecule has 2 N–H and O–H groups in total. The van der Waals surface area contributed by atoms with Gasteiger partial charge in [-0.25, -0.2) is 4.98 Å². The van der Waals surface area contributed by atoms with E-state index in [0.29, 0.717) is 17.5 Å². The maximum absolute atomic E-state index is 12.4. The van der Waals surface area contributed by atoms with Crippen molar-refractivity contribution >= 4 is 61.0 Å². The Labute approximate surface area is 206 Å². The predicted octanol–water partition coefficient (Wildman–Crippen LogP) is 5.53. The summed E-state index contributed by atoms with van der Waals surface area (Å²) in [5, 5.41) is 15.5. The van der Waals surface area contributed by atoms with Crippen LogP contribution in [0.5, 0.6) is 0 Å². The third kappa shape index (κ3) is 5.96. The zero-order chi connectivity index (χ0) is 22.3. The number of halogens is 2. The Morgan fingerprint density at radius 3 is 2.50 bits per heavy atom. The molecule has 0 fully saturated rings. The average molecular weight is 574 g/mol. The van der Waals surface area contributed by atoms with Gasteiger partial charge in [0.15, 0.2) is 11.0 Å². The number of nitrogens with one attached hydrogen (secondary N) is 2. The molecule has 2 aromatic carbocycles. The quantitative estimate of drug-likeness (QED) is 0.270. The number of hydrogen-bond donors (Lipinski definition) is 2. The molecule has 32 heavy (non-hydrogen) atoms. The normalized spacial score (nSPS) is 10.7. The van der Waals surface area contributed by atoms with E-state index < -0.39 is 0 Å². The number of anilines is 2. The van der Waals surface area contributed by atoms with Gasteiger partial charge in [-0.05, 0) is 48.5 Å². The van der Waals surface area contributed by atoms with Crippen LogP contribution in [0.1, 0.15) is 5.82 Å². The number of benzene rings is 2. The Bertz CT molecular complexity index is 1200. The van der Waals surface area contributed by atoms with E-state index in [9.17, 15) is 4.79 Å². The van der Waals surface area contributed by atoms with Crippen molar-refractivity contribution < 1.29 is 4.79 Å². The molecule has 2 aromatic heterocycles. The topological polar surface area (TPSA) is 84.7 Å². The first-order chi connectivity index (χ1) is 15.6. The highest BCUT2D eigenvalue weighted by Gasteiger charge is 2.16. The van der Waals surface area contributed by atoms with Crippen molar-refractivity contribution in [3.8, 4) is 5.69 Å². The fraction of sp³-hybridized carbons (Fsp3) is 0.0909. The van der Waals surface area contributed by atoms with Gasteiger partial charge in [-0.1, -0.05) is 61.8 Å². The molecule has 0 aliphatic heterocycles. The van der Waals surface area contributed by atoms with Crippen LogP contribution in [0.4, 0.5) is 11.5 Å². The summed E-state index contributed by atoms with van der Waals surface area (Å²) in [6.45, 7) is 0.484. The summed E-state index contributed by atoms with van der Waals surface area (Å²) in [4.78, 5) is 16.6. The molecule has 0 spiro atoms. The van der Waals surface area contributed by atoms with Crippen LogP contribution in [-0.4, -0.2) is 31.4 Å². The van der Waals surface area contributed by atoms with Gasteiger partial charge < -0.3 is 10.6 Å². The van der Waals surface area contributed by atoms with Crippen LogP contribution in [0.3, 0.4) is 0 Å². The third-order valence-corrected chi connectivity index (χ3v) is 6.28. The van der Waals surface area contributed by atoms with E-state index in [2.05, 4.69) is 57.7 Å². The molecule has 0 radical (unpaired) electrons. The van der Waals surface area contributed by atoms with Crippen molar-refractivity contribution in [3.63, 3.8) is 0 Å². The molecule has 0 saturated carbocycles. The van der Waals surface area contributed by atoms with Crippen LogP contribution in [0, 0.1) is 0 Å². The summed E-state index contributed by atoms with van der Waals surface area (Å²) >= 11 is 8.14. The summed E-state index contributed by atoms with van der Waals surface area (Å²) in [7, 11) is 0. The highest BCUT2D eigenvalue weighted by molar-refractivity contribution is 9.10. The minimum Gasteiger partial charge on any atom is -0.378 e. The van der Waals surface area contributed by atoms with Gasteiger partial charge in [0.25, 0.3) is 0 Å². The van der Waals surface area contributed by atoms with E-state index in [1.54, 1.807) is 18.3 Å². The van der Waals surface area contributed by atoms with Gasteiger partial charge in [0, 0.05) is 26.5 Å². The third-order valence-electron chi connectivity index (χ3n) is 4.33. The maximum atomic E-state index is 12.4. The molecule has 0 aliphatic carbocycles. The first-order valence-corrected chi connectivity index (χ1v) is 12.2. The number of thioether (sulfide) groups is 1. The first kappa shape index (κ1) is 22.5. The smallest absolute Gasteiger partial charge is 0.236 e. The lowest BCUT2D eigenvalue weighted by molar-refractivity contribution is -0.113. The van der Waals surface area contributed by atoms with Gasteiger partial charge in [0.05, 0.1) is 12.3 Å². The average Bonchev–Trinajstić information content (AvgIpc) is 3.21. The van der Waals surface area contributed by atoms with Crippen LogP contribution in [0.15, 0.2) is 87.0 Å². The number of amides is 1. The zero-order valence-electron chi connectivity index (χ0n) is 16.7. The first-order valence-electron chi connectivity index (χ1n) is 9.62. The number of nitrogens with zero attached hydrogens (tertiary/aromatic N) is 4. The number of para-hydroxylation sites is 1. The fourth-order valence-electron chi connectivity index (χ4n) is 2.88. The van der Waals surface area contributed by atoms with Crippen molar-refractivity contribution in [2.75, 3.05) is 16.4 Å². The molecule has 0 bridgehead atoms. The monoisotopic (exact) mass is 572 g/mol. The summed E-state index contributed by atoms with van der Waals surface area (Å²) < 4.78 is 3.83. The van der Waals surface area contributed by atoms with E-state index in [4.69, 9.17) is 0 Å². The Balaban J connectivity index is 1.48. The molecule has 1 amide bonds. The number of pyridine rings is 1. The molecule has 4 rings (SSSR count). The Morgan fingerprint density at radius 1 is 0.969 bits per heavy atom. The molecular weight excluding hydrogens is 556 g/mol. The molecule has 2 heterocycles. The van der Waals surface area contributed by atoms with Crippen molar-refractivity contribution in [3.05, 3.63) is 87.7 Å². The van der Waals surface area contributed by atoms with Crippen LogP contribution < -0.4 is 10.6 Å². The largest absolute Gasteiger partial charge is 0.378 e.